The molecule has 19 heavy (non-hydrogen) atoms. The van der Waals surface area contributed by atoms with Crippen molar-refractivity contribution < 1.29 is 0 Å². The zero-order valence-electron chi connectivity index (χ0n) is 11.4. The predicted octanol–water partition coefficient (Wildman–Crippen LogP) is 2.26. The van der Waals surface area contributed by atoms with Crippen LogP contribution in [-0.4, -0.2) is 21.1 Å². The maximum Gasteiger partial charge on any atom is 0.138 e. The monoisotopic (exact) mass is 256 g/mol. The standard InChI is InChI=1S/C15H20N4/c1-2-16-10-12-6-5-9-15(18-12)19-11-17-13-7-3-4-8-14(13)19/h5-6,9,11,16H,2-4,7-8,10H2,1H3. The van der Waals surface area contributed by atoms with E-state index in [0.29, 0.717) is 0 Å². The van der Waals surface area contributed by atoms with Crippen molar-refractivity contribution in [2.24, 2.45) is 0 Å². The van der Waals surface area contributed by atoms with E-state index in [2.05, 4.69) is 40.0 Å². The lowest BCUT2D eigenvalue weighted by molar-refractivity contribution is 0.652. The largest absolute Gasteiger partial charge is 0.311 e. The number of nitrogens with one attached hydrogen (secondary N) is 1. The highest BCUT2D eigenvalue weighted by Crippen LogP contribution is 2.22. The molecule has 0 unspecified atom stereocenters. The Hall–Kier alpha value is -1.68. The van der Waals surface area contributed by atoms with Crippen LogP contribution in [-0.2, 0) is 19.4 Å². The number of pyridine rings is 1. The molecule has 0 spiro atoms. The molecule has 0 bridgehead atoms. The molecule has 0 atom stereocenters. The predicted molar refractivity (Wildman–Crippen MR) is 75.4 cm³/mol. The van der Waals surface area contributed by atoms with Gasteiger partial charge in [-0.15, -0.1) is 0 Å². The Morgan fingerprint density at radius 1 is 1.26 bits per heavy atom. The highest BCUT2D eigenvalue weighted by atomic mass is 15.1. The van der Waals surface area contributed by atoms with Crippen LogP contribution in [0.5, 0.6) is 0 Å². The van der Waals surface area contributed by atoms with E-state index in [1.807, 2.05) is 6.33 Å². The van der Waals surface area contributed by atoms with Gasteiger partial charge in [0.05, 0.1) is 11.4 Å². The van der Waals surface area contributed by atoms with Gasteiger partial charge in [-0.25, -0.2) is 9.97 Å². The zero-order chi connectivity index (χ0) is 13.1. The SMILES string of the molecule is CCNCc1cccc(-n2cnc3c2CCCC3)n1. The van der Waals surface area contributed by atoms with E-state index >= 15 is 0 Å². The van der Waals surface area contributed by atoms with Gasteiger partial charge >= 0.3 is 0 Å². The zero-order valence-corrected chi connectivity index (χ0v) is 11.4. The number of hydrogen-bond donors (Lipinski definition) is 1. The van der Waals surface area contributed by atoms with Gasteiger partial charge in [0.15, 0.2) is 0 Å². The fourth-order valence-corrected chi connectivity index (χ4v) is 2.62. The lowest BCUT2D eigenvalue weighted by Gasteiger charge is -2.14. The van der Waals surface area contributed by atoms with Gasteiger partial charge in [-0.05, 0) is 44.4 Å². The number of fused-ring (bicyclic) bond motifs is 1. The summed E-state index contributed by atoms with van der Waals surface area (Å²) in [5.74, 6) is 0.992. The maximum atomic E-state index is 4.72. The molecule has 3 rings (SSSR count). The van der Waals surface area contributed by atoms with Crippen LogP contribution in [0.25, 0.3) is 5.82 Å². The normalized spacial score (nSPS) is 14.4. The van der Waals surface area contributed by atoms with Gasteiger partial charge in [-0.1, -0.05) is 13.0 Å². The summed E-state index contributed by atoms with van der Waals surface area (Å²) in [5, 5.41) is 3.31. The lowest BCUT2D eigenvalue weighted by atomic mass is 10.0. The number of imidazole rings is 1. The second kappa shape index (κ2) is 5.53. The summed E-state index contributed by atoms with van der Waals surface area (Å²) in [6.07, 6.45) is 6.68. The average Bonchev–Trinajstić information content (AvgIpc) is 2.89. The molecule has 0 aromatic carbocycles. The Bertz CT molecular complexity index is 559. The molecule has 2 aromatic heterocycles. The fraction of sp³-hybridized carbons (Fsp3) is 0.467. The Morgan fingerprint density at radius 2 is 2.16 bits per heavy atom. The molecule has 1 aliphatic carbocycles. The average molecular weight is 256 g/mol. The third-order valence-corrected chi connectivity index (χ3v) is 3.63. The van der Waals surface area contributed by atoms with Crippen LogP contribution >= 0.6 is 0 Å². The molecule has 0 saturated carbocycles. The molecule has 0 radical (unpaired) electrons. The van der Waals surface area contributed by atoms with Crippen molar-refractivity contribution in [1.29, 1.82) is 0 Å². The van der Waals surface area contributed by atoms with Crippen molar-refractivity contribution in [2.75, 3.05) is 6.54 Å². The number of aromatic nitrogens is 3. The topological polar surface area (TPSA) is 42.7 Å². The lowest BCUT2D eigenvalue weighted by Crippen LogP contribution is -2.14. The van der Waals surface area contributed by atoms with Crippen molar-refractivity contribution in [3.63, 3.8) is 0 Å². The second-order valence-corrected chi connectivity index (χ2v) is 4.98. The highest BCUT2D eigenvalue weighted by Gasteiger charge is 2.16. The van der Waals surface area contributed by atoms with Crippen LogP contribution in [0.4, 0.5) is 0 Å². The van der Waals surface area contributed by atoms with E-state index in [9.17, 15) is 0 Å². The van der Waals surface area contributed by atoms with Crippen LogP contribution in [0.1, 0.15) is 36.8 Å². The molecule has 100 valence electrons. The minimum atomic E-state index is 0.821. The minimum absolute atomic E-state index is 0.821. The van der Waals surface area contributed by atoms with Gasteiger partial charge in [0.2, 0.25) is 0 Å². The Kier molecular flexibility index (Phi) is 3.60. The van der Waals surface area contributed by atoms with Gasteiger partial charge in [0, 0.05) is 12.2 Å². The molecule has 0 aliphatic heterocycles. The Balaban J connectivity index is 1.91. The molecule has 0 saturated heterocycles. The summed E-state index contributed by atoms with van der Waals surface area (Å²) in [6.45, 7) is 3.89. The maximum absolute atomic E-state index is 4.72. The molecular formula is C15H20N4. The molecule has 0 fully saturated rings. The van der Waals surface area contributed by atoms with Gasteiger partial charge in [0.1, 0.15) is 12.1 Å². The third kappa shape index (κ3) is 2.54. The van der Waals surface area contributed by atoms with E-state index in [1.54, 1.807) is 0 Å². The van der Waals surface area contributed by atoms with Crippen molar-refractivity contribution in [2.45, 2.75) is 39.2 Å². The number of nitrogens with zero attached hydrogens (tertiary/aromatic N) is 3. The summed E-state index contributed by atoms with van der Waals surface area (Å²) < 4.78 is 2.16. The van der Waals surface area contributed by atoms with Gasteiger partial charge in [-0.2, -0.15) is 0 Å². The first-order valence-corrected chi connectivity index (χ1v) is 7.10. The van der Waals surface area contributed by atoms with Gasteiger partial charge in [0.25, 0.3) is 0 Å². The Morgan fingerprint density at radius 3 is 3.05 bits per heavy atom. The first kappa shape index (κ1) is 12.4. The van der Waals surface area contributed by atoms with Crippen LogP contribution in [0.3, 0.4) is 0 Å². The van der Waals surface area contributed by atoms with Crippen LogP contribution in [0.2, 0.25) is 0 Å². The van der Waals surface area contributed by atoms with Crippen molar-refractivity contribution in [3.05, 3.63) is 41.6 Å². The molecule has 2 aromatic rings. The molecule has 2 heterocycles. The van der Waals surface area contributed by atoms with E-state index in [4.69, 9.17) is 4.98 Å². The van der Waals surface area contributed by atoms with Crippen LogP contribution in [0, 0.1) is 0 Å². The molecule has 4 nitrogen and oxygen atoms in total. The van der Waals surface area contributed by atoms with E-state index in [0.717, 1.165) is 37.4 Å². The summed E-state index contributed by atoms with van der Waals surface area (Å²) in [6, 6.07) is 6.20. The number of aryl methyl sites for hydroxylation is 1. The Labute approximate surface area is 113 Å². The van der Waals surface area contributed by atoms with E-state index < -0.39 is 0 Å². The number of hydrogen-bond acceptors (Lipinski definition) is 3. The summed E-state index contributed by atoms with van der Waals surface area (Å²) in [5.41, 5.74) is 3.68. The highest BCUT2D eigenvalue weighted by molar-refractivity contribution is 5.31. The van der Waals surface area contributed by atoms with Crippen molar-refractivity contribution in [3.8, 4) is 5.82 Å². The quantitative estimate of drug-likeness (QED) is 0.912. The fourth-order valence-electron chi connectivity index (χ4n) is 2.62. The van der Waals surface area contributed by atoms with Crippen molar-refractivity contribution in [1.82, 2.24) is 19.9 Å². The summed E-state index contributed by atoms with van der Waals surface area (Å²) >= 11 is 0. The molecule has 1 N–H and O–H groups in total. The molecule has 0 amide bonds. The first-order valence-electron chi connectivity index (χ1n) is 7.10. The van der Waals surface area contributed by atoms with Crippen molar-refractivity contribution >= 4 is 0 Å². The summed E-state index contributed by atoms with van der Waals surface area (Å²) in [7, 11) is 0. The smallest absolute Gasteiger partial charge is 0.138 e. The van der Waals surface area contributed by atoms with E-state index in [-0.39, 0.29) is 0 Å². The second-order valence-electron chi connectivity index (χ2n) is 4.98. The molecule has 1 aliphatic rings. The number of rotatable bonds is 4. The van der Waals surface area contributed by atoms with Gasteiger partial charge in [-0.3, -0.25) is 4.57 Å². The molecular weight excluding hydrogens is 236 g/mol. The molecule has 4 heteroatoms. The van der Waals surface area contributed by atoms with E-state index in [1.165, 1.54) is 24.2 Å². The third-order valence-electron chi connectivity index (χ3n) is 3.63. The summed E-state index contributed by atoms with van der Waals surface area (Å²) in [4.78, 5) is 9.25. The van der Waals surface area contributed by atoms with Gasteiger partial charge < -0.3 is 5.32 Å². The van der Waals surface area contributed by atoms with Crippen LogP contribution in [0.15, 0.2) is 24.5 Å². The minimum Gasteiger partial charge on any atom is -0.311 e. The first-order chi connectivity index (χ1) is 9.38. The van der Waals surface area contributed by atoms with Crippen LogP contribution < -0.4 is 5.32 Å².